The lowest BCUT2D eigenvalue weighted by Crippen LogP contribution is -2.34. The van der Waals surface area contributed by atoms with E-state index >= 15 is 0 Å². The zero-order valence-electron chi connectivity index (χ0n) is 9.09. The molecule has 0 N–H and O–H groups in total. The van der Waals surface area contributed by atoms with Crippen LogP contribution in [0.25, 0.3) is 0 Å². The summed E-state index contributed by atoms with van der Waals surface area (Å²) in [5.41, 5.74) is -0.407. The molecule has 0 aliphatic heterocycles. The summed E-state index contributed by atoms with van der Waals surface area (Å²) >= 11 is 0. The van der Waals surface area contributed by atoms with Gasteiger partial charge < -0.3 is 9.64 Å². The van der Waals surface area contributed by atoms with Gasteiger partial charge in [0.25, 0.3) is 0 Å². The van der Waals surface area contributed by atoms with Crippen LogP contribution in [0.4, 0.5) is 4.79 Å². The van der Waals surface area contributed by atoms with Crippen molar-refractivity contribution in [2.75, 3.05) is 13.6 Å². The van der Waals surface area contributed by atoms with E-state index in [-0.39, 0.29) is 6.09 Å². The summed E-state index contributed by atoms with van der Waals surface area (Å²) in [5, 5.41) is 0. The van der Waals surface area contributed by atoms with Crippen LogP contribution in [-0.4, -0.2) is 30.2 Å². The zero-order chi connectivity index (χ0) is 10.5. The van der Waals surface area contributed by atoms with Crippen LogP contribution in [0.5, 0.6) is 0 Å². The van der Waals surface area contributed by atoms with E-state index in [9.17, 15) is 4.79 Å². The van der Waals surface area contributed by atoms with Gasteiger partial charge in [0, 0.05) is 13.6 Å². The average molecular weight is 186 g/mol. The van der Waals surface area contributed by atoms with E-state index in [4.69, 9.17) is 4.74 Å². The first-order valence-corrected chi connectivity index (χ1v) is 4.60. The first-order valence-electron chi connectivity index (χ1n) is 4.60. The second kappa shape index (κ2) is 5.10. The lowest BCUT2D eigenvalue weighted by molar-refractivity contribution is 0.0297. The fourth-order valence-electron chi connectivity index (χ4n) is 0.780. The van der Waals surface area contributed by atoms with Gasteiger partial charge in [-0.2, -0.15) is 0 Å². The standard InChI is InChI=1S/C10H20NO2/c1-6-7-8-11(5)9(12)13-10(2,3)4/h1,6-8H2,2-5H3. The monoisotopic (exact) mass is 186 g/mol. The zero-order valence-corrected chi connectivity index (χ0v) is 9.09. The third kappa shape index (κ3) is 6.43. The van der Waals surface area contributed by atoms with Crippen molar-refractivity contribution >= 4 is 6.09 Å². The fraction of sp³-hybridized carbons (Fsp3) is 0.800. The Kier molecular flexibility index (Phi) is 4.81. The van der Waals surface area contributed by atoms with Gasteiger partial charge in [-0.05, 0) is 27.2 Å². The maximum atomic E-state index is 11.3. The van der Waals surface area contributed by atoms with E-state index in [1.54, 1.807) is 11.9 Å². The second-order valence-corrected chi connectivity index (χ2v) is 4.11. The van der Waals surface area contributed by atoms with E-state index in [0.717, 1.165) is 12.8 Å². The molecule has 3 nitrogen and oxygen atoms in total. The smallest absolute Gasteiger partial charge is 0.410 e. The topological polar surface area (TPSA) is 29.5 Å². The third-order valence-corrected chi connectivity index (χ3v) is 1.45. The quantitative estimate of drug-likeness (QED) is 0.677. The van der Waals surface area contributed by atoms with Crippen LogP contribution in [0.2, 0.25) is 0 Å². The summed E-state index contributed by atoms with van der Waals surface area (Å²) < 4.78 is 5.16. The summed E-state index contributed by atoms with van der Waals surface area (Å²) in [4.78, 5) is 12.9. The molecule has 0 fully saturated rings. The van der Waals surface area contributed by atoms with Crippen LogP contribution in [0.3, 0.4) is 0 Å². The Morgan fingerprint density at radius 1 is 1.46 bits per heavy atom. The van der Waals surface area contributed by atoms with Crippen molar-refractivity contribution in [2.45, 2.75) is 39.2 Å². The minimum absolute atomic E-state index is 0.263. The second-order valence-electron chi connectivity index (χ2n) is 4.11. The molecule has 0 aliphatic carbocycles. The van der Waals surface area contributed by atoms with Crippen LogP contribution >= 0.6 is 0 Å². The molecule has 0 saturated carbocycles. The van der Waals surface area contributed by atoms with Crippen molar-refractivity contribution in [2.24, 2.45) is 0 Å². The van der Waals surface area contributed by atoms with Crippen molar-refractivity contribution in [1.29, 1.82) is 0 Å². The van der Waals surface area contributed by atoms with E-state index in [1.807, 2.05) is 20.8 Å². The number of ether oxygens (including phenoxy) is 1. The summed E-state index contributed by atoms with van der Waals surface area (Å²) in [6.45, 7) is 10.0. The Morgan fingerprint density at radius 2 is 2.00 bits per heavy atom. The maximum Gasteiger partial charge on any atom is 0.410 e. The highest BCUT2D eigenvalue weighted by Crippen LogP contribution is 2.09. The number of hydrogen-bond donors (Lipinski definition) is 0. The summed E-state index contributed by atoms with van der Waals surface area (Å²) in [7, 11) is 1.74. The molecule has 0 aromatic rings. The van der Waals surface area contributed by atoms with Gasteiger partial charge in [-0.25, -0.2) is 4.79 Å². The van der Waals surface area contributed by atoms with E-state index in [1.165, 1.54) is 0 Å². The normalized spacial score (nSPS) is 11.2. The predicted octanol–water partition coefficient (Wildman–Crippen LogP) is 2.47. The molecule has 0 spiro atoms. The SMILES string of the molecule is [CH2]CCCN(C)C(=O)OC(C)(C)C. The fourth-order valence-corrected chi connectivity index (χ4v) is 0.780. The molecule has 0 aromatic heterocycles. The van der Waals surface area contributed by atoms with Crippen molar-refractivity contribution in [3.8, 4) is 0 Å². The molecule has 77 valence electrons. The van der Waals surface area contributed by atoms with Gasteiger partial charge in [-0.1, -0.05) is 13.3 Å². The summed E-state index contributed by atoms with van der Waals surface area (Å²) in [6, 6.07) is 0. The van der Waals surface area contributed by atoms with Gasteiger partial charge >= 0.3 is 6.09 Å². The van der Waals surface area contributed by atoms with Gasteiger partial charge in [-0.15, -0.1) is 0 Å². The molecule has 0 unspecified atom stereocenters. The number of hydrogen-bond acceptors (Lipinski definition) is 2. The molecule has 0 aromatic carbocycles. The van der Waals surface area contributed by atoms with Crippen molar-refractivity contribution in [1.82, 2.24) is 4.90 Å². The molecule has 0 rings (SSSR count). The minimum Gasteiger partial charge on any atom is -0.444 e. The van der Waals surface area contributed by atoms with Crippen LogP contribution in [-0.2, 0) is 4.74 Å². The molecule has 0 atom stereocenters. The molecule has 13 heavy (non-hydrogen) atoms. The van der Waals surface area contributed by atoms with Crippen molar-refractivity contribution < 1.29 is 9.53 Å². The van der Waals surface area contributed by atoms with Gasteiger partial charge in [-0.3, -0.25) is 0 Å². The molecule has 1 amide bonds. The van der Waals surface area contributed by atoms with Crippen LogP contribution < -0.4 is 0 Å². The first-order chi connectivity index (χ1) is 5.87. The Balaban J connectivity index is 3.83. The minimum atomic E-state index is -0.407. The Hall–Kier alpha value is -0.730. The lowest BCUT2D eigenvalue weighted by Gasteiger charge is -2.24. The van der Waals surface area contributed by atoms with Crippen molar-refractivity contribution in [3.63, 3.8) is 0 Å². The number of nitrogens with zero attached hydrogens (tertiary/aromatic N) is 1. The Morgan fingerprint density at radius 3 is 2.38 bits per heavy atom. The molecule has 1 radical (unpaired) electrons. The highest BCUT2D eigenvalue weighted by atomic mass is 16.6. The number of carbonyl (C=O) groups is 1. The molecule has 0 aliphatic rings. The van der Waals surface area contributed by atoms with Crippen LogP contribution in [0, 0.1) is 6.92 Å². The third-order valence-electron chi connectivity index (χ3n) is 1.45. The highest BCUT2D eigenvalue weighted by Gasteiger charge is 2.18. The average Bonchev–Trinajstić information content (AvgIpc) is 1.96. The molecule has 0 saturated heterocycles. The Labute approximate surface area is 81.1 Å². The lowest BCUT2D eigenvalue weighted by atomic mass is 10.2. The van der Waals surface area contributed by atoms with Gasteiger partial charge in [0.2, 0.25) is 0 Å². The number of unbranched alkanes of at least 4 members (excludes halogenated alkanes) is 1. The van der Waals surface area contributed by atoms with E-state index in [0.29, 0.717) is 6.54 Å². The molecule has 0 heterocycles. The van der Waals surface area contributed by atoms with Gasteiger partial charge in [0.05, 0.1) is 0 Å². The summed E-state index contributed by atoms with van der Waals surface area (Å²) in [6.07, 6.45) is 1.49. The summed E-state index contributed by atoms with van der Waals surface area (Å²) in [5.74, 6) is 0. The highest BCUT2D eigenvalue weighted by molar-refractivity contribution is 5.67. The molecule has 3 heteroatoms. The van der Waals surface area contributed by atoms with Crippen molar-refractivity contribution in [3.05, 3.63) is 6.92 Å². The number of rotatable bonds is 3. The molecular weight excluding hydrogens is 166 g/mol. The number of amides is 1. The van der Waals surface area contributed by atoms with Gasteiger partial charge in [0.1, 0.15) is 5.60 Å². The number of carbonyl (C=O) groups excluding carboxylic acids is 1. The van der Waals surface area contributed by atoms with Crippen LogP contribution in [0.1, 0.15) is 33.6 Å². The van der Waals surface area contributed by atoms with Gasteiger partial charge in [0.15, 0.2) is 0 Å². The predicted molar refractivity (Wildman–Crippen MR) is 53.5 cm³/mol. The van der Waals surface area contributed by atoms with E-state index in [2.05, 4.69) is 6.92 Å². The molecule has 0 bridgehead atoms. The molecular formula is C10H20NO2. The largest absolute Gasteiger partial charge is 0.444 e. The Bertz CT molecular complexity index is 161. The first kappa shape index (κ1) is 12.3. The maximum absolute atomic E-state index is 11.3. The van der Waals surface area contributed by atoms with Crippen LogP contribution in [0.15, 0.2) is 0 Å². The van der Waals surface area contributed by atoms with E-state index < -0.39 is 5.60 Å².